The van der Waals surface area contributed by atoms with Crippen molar-refractivity contribution in [2.75, 3.05) is 6.54 Å². The second-order valence-corrected chi connectivity index (χ2v) is 7.63. The number of nitrogens with zero attached hydrogens (tertiary/aromatic N) is 1. The van der Waals surface area contributed by atoms with Crippen LogP contribution in [-0.2, 0) is 11.2 Å². The van der Waals surface area contributed by atoms with Crippen molar-refractivity contribution in [3.8, 4) is 0 Å². The number of hydrogen-bond acceptors (Lipinski definition) is 5. The Kier molecular flexibility index (Phi) is 8.09. The summed E-state index contributed by atoms with van der Waals surface area (Å²) in [6, 6.07) is 9.62. The van der Waals surface area contributed by atoms with Crippen molar-refractivity contribution in [2.45, 2.75) is 26.3 Å². The second-order valence-electron chi connectivity index (χ2n) is 7.22. The molecule has 10 heteroatoms. The van der Waals surface area contributed by atoms with E-state index in [2.05, 4.69) is 10.6 Å². The van der Waals surface area contributed by atoms with Crippen molar-refractivity contribution in [3.63, 3.8) is 0 Å². The monoisotopic (exact) mass is 446 g/mol. The van der Waals surface area contributed by atoms with Gasteiger partial charge >= 0.3 is 0 Å². The van der Waals surface area contributed by atoms with Gasteiger partial charge in [-0.3, -0.25) is 24.5 Å². The van der Waals surface area contributed by atoms with E-state index in [4.69, 9.17) is 17.3 Å². The SMILES string of the molecule is CC(C)C(NC(=O)c1ccc(Cl)c([N+](=O)[O-])c1)C(=O)NCCc1cccc(C(N)=O)c1. The van der Waals surface area contributed by atoms with Gasteiger partial charge < -0.3 is 16.4 Å². The van der Waals surface area contributed by atoms with Gasteiger partial charge in [0.1, 0.15) is 11.1 Å². The molecule has 0 saturated heterocycles. The topological polar surface area (TPSA) is 144 Å². The molecule has 0 aliphatic heterocycles. The number of nitro benzene ring substituents is 1. The normalized spacial score (nSPS) is 11.6. The van der Waals surface area contributed by atoms with Crippen LogP contribution in [0.3, 0.4) is 0 Å². The van der Waals surface area contributed by atoms with Crippen LogP contribution in [0, 0.1) is 16.0 Å². The number of hydrogen-bond donors (Lipinski definition) is 3. The molecule has 0 saturated carbocycles. The third-order valence-electron chi connectivity index (χ3n) is 4.57. The molecular formula is C21H23ClN4O5. The van der Waals surface area contributed by atoms with Crippen molar-refractivity contribution >= 4 is 35.0 Å². The third kappa shape index (κ3) is 6.51. The predicted molar refractivity (Wildman–Crippen MR) is 116 cm³/mol. The van der Waals surface area contributed by atoms with Gasteiger partial charge in [0.15, 0.2) is 0 Å². The first-order chi connectivity index (χ1) is 14.6. The van der Waals surface area contributed by atoms with Gasteiger partial charge in [-0.25, -0.2) is 0 Å². The first kappa shape index (κ1) is 23.8. The lowest BCUT2D eigenvalue weighted by Crippen LogP contribution is -2.50. The summed E-state index contributed by atoms with van der Waals surface area (Å²) in [5, 5.41) is 16.3. The summed E-state index contributed by atoms with van der Waals surface area (Å²) >= 11 is 5.77. The fraction of sp³-hybridized carbons (Fsp3) is 0.286. The van der Waals surface area contributed by atoms with E-state index in [1.54, 1.807) is 32.0 Å². The Morgan fingerprint density at radius 3 is 2.45 bits per heavy atom. The molecule has 0 aliphatic carbocycles. The van der Waals surface area contributed by atoms with Crippen LogP contribution in [0.4, 0.5) is 5.69 Å². The highest BCUT2D eigenvalue weighted by Crippen LogP contribution is 2.25. The van der Waals surface area contributed by atoms with Crippen LogP contribution in [0.25, 0.3) is 0 Å². The molecule has 0 spiro atoms. The van der Waals surface area contributed by atoms with Crippen molar-refractivity contribution in [2.24, 2.45) is 11.7 Å². The fourth-order valence-corrected chi connectivity index (χ4v) is 3.06. The number of rotatable bonds is 9. The van der Waals surface area contributed by atoms with Crippen molar-refractivity contribution in [1.29, 1.82) is 0 Å². The molecular weight excluding hydrogens is 424 g/mol. The Bertz CT molecular complexity index is 1010. The molecule has 31 heavy (non-hydrogen) atoms. The number of halogens is 1. The van der Waals surface area contributed by atoms with E-state index in [1.807, 2.05) is 6.07 Å². The van der Waals surface area contributed by atoms with Gasteiger partial charge in [-0.1, -0.05) is 37.6 Å². The second kappa shape index (κ2) is 10.5. The lowest BCUT2D eigenvalue weighted by Gasteiger charge is -2.22. The van der Waals surface area contributed by atoms with Crippen LogP contribution in [0.1, 0.15) is 40.1 Å². The summed E-state index contributed by atoms with van der Waals surface area (Å²) in [7, 11) is 0. The maximum absolute atomic E-state index is 12.6. The predicted octanol–water partition coefficient (Wildman–Crippen LogP) is 2.46. The van der Waals surface area contributed by atoms with Gasteiger partial charge in [0.25, 0.3) is 11.6 Å². The largest absolute Gasteiger partial charge is 0.366 e. The number of nitrogens with two attached hydrogens (primary N) is 1. The zero-order valence-electron chi connectivity index (χ0n) is 17.1. The van der Waals surface area contributed by atoms with E-state index in [9.17, 15) is 24.5 Å². The summed E-state index contributed by atoms with van der Waals surface area (Å²) in [6.07, 6.45) is 0.467. The maximum Gasteiger partial charge on any atom is 0.288 e. The molecule has 1 unspecified atom stereocenters. The van der Waals surface area contributed by atoms with Crippen molar-refractivity contribution in [3.05, 3.63) is 74.3 Å². The summed E-state index contributed by atoms with van der Waals surface area (Å²) in [6.45, 7) is 3.82. The van der Waals surface area contributed by atoms with Gasteiger partial charge in [-0.15, -0.1) is 0 Å². The van der Waals surface area contributed by atoms with Gasteiger partial charge in [0, 0.05) is 23.7 Å². The van der Waals surface area contributed by atoms with E-state index in [-0.39, 0.29) is 23.0 Å². The van der Waals surface area contributed by atoms with Crippen LogP contribution in [0.15, 0.2) is 42.5 Å². The van der Waals surface area contributed by atoms with E-state index in [0.717, 1.165) is 11.6 Å². The van der Waals surface area contributed by atoms with E-state index >= 15 is 0 Å². The zero-order chi connectivity index (χ0) is 23.1. The number of carbonyl (C=O) groups excluding carboxylic acids is 3. The Hall–Kier alpha value is -3.46. The van der Waals surface area contributed by atoms with E-state index < -0.39 is 34.4 Å². The average Bonchev–Trinajstić information content (AvgIpc) is 2.71. The Morgan fingerprint density at radius 2 is 1.84 bits per heavy atom. The molecule has 0 fully saturated rings. The smallest absolute Gasteiger partial charge is 0.288 e. The molecule has 0 aromatic heterocycles. The van der Waals surface area contributed by atoms with Crippen LogP contribution >= 0.6 is 11.6 Å². The molecule has 2 aromatic carbocycles. The quantitative estimate of drug-likeness (QED) is 0.400. The highest BCUT2D eigenvalue weighted by molar-refractivity contribution is 6.32. The van der Waals surface area contributed by atoms with Crippen molar-refractivity contribution in [1.82, 2.24) is 10.6 Å². The summed E-state index contributed by atoms with van der Waals surface area (Å²) in [5.41, 5.74) is 6.11. The highest BCUT2D eigenvalue weighted by atomic mass is 35.5. The molecule has 2 aromatic rings. The maximum atomic E-state index is 12.6. The minimum absolute atomic E-state index is 0.0258. The average molecular weight is 447 g/mol. The van der Waals surface area contributed by atoms with Crippen LogP contribution in [0.5, 0.6) is 0 Å². The summed E-state index contributed by atoms with van der Waals surface area (Å²) in [5.74, 6) is -1.78. The minimum atomic E-state index is -0.848. The molecule has 0 bridgehead atoms. The first-order valence-electron chi connectivity index (χ1n) is 9.51. The molecule has 2 rings (SSSR count). The Labute approximate surface area is 184 Å². The summed E-state index contributed by atoms with van der Waals surface area (Å²) < 4.78 is 0. The Morgan fingerprint density at radius 1 is 1.13 bits per heavy atom. The van der Waals surface area contributed by atoms with Crippen LogP contribution in [-0.4, -0.2) is 35.2 Å². The standard InChI is InChI=1S/C21H23ClN4O5/c1-12(2)18(25-20(28)15-6-7-16(22)17(11-15)26(30)31)21(29)24-9-8-13-4-3-5-14(10-13)19(23)27/h3-7,10-12,18H,8-9H2,1-2H3,(H2,23,27)(H,24,29)(H,25,28). The first-order valence-corrected chi connectivity index (χ1v) is 9.89. The molecule has 1 atom stereocenters. The van der Waals surface area contributed by atoms with Crippen molar-refractivity contribution < 1.29 is 19.3 Å². The molecule has 0 heterocycles. The van der Waals surface area contributed by atoms with Crippen LogP contribution in [0.2, 0.25) is 5.02 Å². The Balaban J connectivity index is 2.01. The number of benzene rings is 2. The lowest BCUT2D eigenvalue weighted by atomic mass is 10.0. The molecule has 9 nitrogen and oxygen atoms in total. The van der Waals surface area contributed by atoms with E-state index in [0.29, 0.717) is 12.0 Å². The molecule has 164 valence electrons. The number of primary amides is 1. The molecule has 0 aliphatic rings. The third-order valence-corrected chi connectivity index (χ3v) is 4.88. The van der Waals surface area contributed by atoms with Gasteiger partial charge in [-0.05, 0) is 42.2 Å². The van der Waals surface area contributed by atoms with E-state index in [1.165, 1.54) is 12.1 Å². The zero-order valence-corrected chi connectivity index (χ0v) is 17.8. The number of nitro groups is 1. The molecule has 3 amide bonds. The number of carbonyl (C=O) groups is 3. The number of nitrogens with one attached hydrogen (secondary N) is 2. The van der Waals surface area contributed by atoms with Gasteiger partial charge in [0.05, 0.1) is 4.92 Å². The highest BCUT2D eigenvalue weighted by Gasteiger charge is 2.25. The fourth-order valence-electron chi connectivity index (χ4n) is 2.87. The minimum Gasteiger partial charge on any atom is -0.366 e. The van der Waals surface area contributed by atoms with Gasteiger partial charge in [0.2, 0.25) is 11.8 Å². The summed E-state index contributed by atoms with van der Waals surface area (Å²) in [4.78, 5) is 46.8. The lowest BCUT2D eigenvalue weighted by molar-refractivity contribution is -0.384. The molecule has 0 radical (unpaired) electrons. The van der Waals surface area contributed by atoms with Gasteiger partial charge in [-0.2, -0.15) is 0 Å². The molecule has 4 N–H and O–H groups in total. The van der Waals surface area contributed by atoms with Crippen LogP contribution < -0.4 is 16.4 Å². The number of amides is 3.